The van der Waals surface area contributed by atoms with Crippen molar-refractivity contribution in [3.8, 4) is 0 Å². The molecule has 6 heteroatoms. The van der Waals surface area contributed by atoms with Crippen LogP contribution in [0, 0.1) is 5.92 Å². The minimum absolute atomic E-state index is 0.498. The Kier molecular flexibility index (Phi) is 6.73. The Morgan fingerprint density at radius 1 is 1.32 bits per heavy atom. The fourth-order valence-electron chi connectivity index (χ4n) is 2.37. The van der Waals surface area contributed by atoms with Gasteiger partial charge >= 0.3 is 0 Å². The fourth-order valence-corrected chi connectivity index (χ4v) is 3.85. The van der Waals surface area contributed by atoms with Gasteiger partial charge in [-0.1, -0.05) is 20.8 Å². The fraction of sp³-hybridized carbons (Fsp3) is 1.00. The van der Waals surface area contributed by atoms with E-state index in [0.29, 0.717) is 31.6 Å². The van der Waals surface area contributed by atoms with E-state index in [-0.39, 0.29) is 0 Å². The maximum absolute atomic E-state index is 12.3. The molecule has 1 heterocycles. The predicted molar refractivity (Wildman–Crippen MR) is 79.3 cm³/mol. The normalized spacial score (nSPS) is 19.5. The lowest BCUT2D eigenvalue weighted by molar-refractivity contribution is 0.251. The molecule has 0 aromatic heterocycles. The lowest BCUT2D eigenvalue weighted by Gasteiger charge is -2.34. The summed E-state index contributed by atoms with van der Waals surface area (Å²) in [5.74, 6) is 0.602. The minimum atomic E-state index is -3.23. The molecule has 0 spiro atoms. The van der Waals surface area contributed by atoms with Crippen molar-refractivity contribution in [3.05, 3.63) is 0 Å². The summed E-state index contributed by atoms with van der Waals surface area (Å²) in [5.41, 5.74) is 0. The van der Waals surface area contributed by atoms with E-state index < -0.39 is 10.2 Å². The molecule has 1 rings (SSSR count). The third-order valence-electron chi connectivity index (χ3n) is 3.65. The molecule has 1 fully saturated rings. The van der Waals surface area contributed by atoms with Crippen molar-refractivity contribution in [2.45, 2.75) is 46.1 Å². The number of rotatable bonds is 7. The first kappa shape index (κ1) is 16.9. The van der Waals surface area contributed by atoms with E-state index in [0.717, 1.165) is 25.8 Å². The van der Waals surface area contributed by atoms with Crippen LogP contribution in [0.5, 0.6) is 0 Å². The smallest absolute Gasteiger partial charge is 0.281 e. The SMILES string of the molecule is CCCN(C)S(=O)(=O)N1CCC(CNC(C)C)CC1. The molecule has 1 saturated heterocycles. The Morgan fingerprint density at radius 3 is 2.37 bits per heavy atom. The number of piperidine rings is 1. The molecule has 0 unspecified atom stereocenters. The largest absolute Gasteiger partial charge is 0.314 e. The third-order valence-corrected chi connectivity index (χ3v) is 5.63. The van der Waals surface area contributed by atoms with Crippen molar-refractivity contribution in [2.24, 2.45) is 5.92 Å². The maximum Gasteiger partial charge on any atom is 0.281 e. The second-order valence-corrected chi connectivity index (χ2v) is 7.77. The molecular weight excluding hydrogens is 262 g/mol. The zero-order chi connectivity index (χ0) is 14.5. The van der Waals surface area contributed by atoms with Crippen LogP contribution < -0.4 is 5.32 Å². The number of nitrogens with zero attached hydrogens (tertiary/aromatic N) is 2. The number of nitrogens with one attached hydrogen (secondary N) is 1. The van der Waals surface area contributed by atoms with Crippen LogP contribution in [-0.2, 0) is 10.2 Å². The van der Waals surface area contributed by atoms with Gasteiger partial charge in [-0.3, -0.25) is 0 Å². The Morgan fingerprint density at radius 2 is 1.89 bits per heavy atom. The Bertz CT molecular complexity index is 349. The van der Waals surface area contributed by atoms with Gasteiger partial charge in [0.1, 0.15) is 0 Å². The average Bonchev–Trinajstić information content (AvgIpc) is 2.37. The summed E-state index contributed by atoms with van der Waals surface area (Å²) in [6, 6.07) is 0.498. The lowest BCUT2D eigenvalue weighted by Crippen LogP contribution is -2.47. The van der Waals surface area contributed by atoms with Gasteiger partial charge in [0, 0.05) is 32.7 Å². The molecule has 0 aromatic rings. The zero-order valence-electron chi connectivity index (χ0n) is 12.7. The van der Waals surface area contributed by atoms with E-state index in [1.165, 1.54) is 4.31 Å². The van der Waals surface area contributed by atoms with E-state index in [1.54, 1.807) is 11.4 Å². The number of hydrogen-bond acceptors (Lipinski definition) is 3. The van der Waals surface area contributed by atoms with Gasteiger partial charge < -0.3 is 5.32 Å². The minimum Gasteiger partial charge on any atom is -0.314 e. The van der Waals surface area contributed by atoms with Gasteiger partial charge in [-0.05, 0) is 31.7 Å². The molecule has 0 saturated carbocycles. The van der Waals surface area contributed by atoms with Crippen molar-refractivity contribution in [1.82, 2.24) is 13.9 Å². The first-order valence-electron chi connectivity index (χ1n) is 7.32. The molecular formula is C13H29N3O2S. The van der Waals surface area contributed by atoms with Crippen molar-refractivity contribution in [3.63, 3.8) is 0 Å². The van der Waals surface area contributed by atoms with Crippen LogP contribution in [0.15, 0.2) is 0 Å². The van der Waals surface area contributed by atoms with Crippen LogP contribution in [0.1, 0.15) is 40.0 Å². The first-order valence-corrected chi connectivity index (χ1v) is 8.72. The Labute approximate surface area is 118 Å². The van der Waals surface area contributed by atoms with Crippen molar-refractivity contribution >= 4 is 10.2 Å². The van der Waals surface area contributed by atoms with Crippen molar-refractivity contribution < 1.29 is 8.42 Å². The highest BCUT2D eigenvalue weighted by Gasteiger charge is 2.30. The van der Waals surface area contributed by atoms with E-state index >= 15 is 0 Å². The van der Waals surface area contributed by atoms with Crippen molar-refractivity contribution in [2.75, 3.05) is 33.2 Å². The molecule has 0 amide bonds. The summed E-state index contributed by atoms with van der Waals surface area (Å²) in [6.45, 7) is 9.17. The zero-order valence-corrected chi connectivity index (χ0v) is 13.5. The average molecular weight is 291 g/mol. The molecule has 0 radical (unpaired) electrons. The summed E-state index contributed by atoms with van der Waals surface area (Å²) >= 11 is 0. The predicted octanol–water partition coefficient (Wildman–Crippen LogP) is 1.28. The number of hydrogen-bond donors (Lipinski definition) is 1. The second-order valence-electron chi connectivity index (χ2n) is 5.73. The van der Waals surface area contributed by atoms with E-state index in [1.807, 2.05) is 6.92 Å². The Balaban J connectivity index is 2.44. The van der Waals surface area contributed by atoms with Gasteiger partial charge in [0.15, 0.2) is 0 Å². The Hall–Kier alpha value is -0.170. The monoisotopic (exact) mass is 291 g/mol. The highest BCUT2D eigenvalue weighted by Crippen LogP contribution is 2.20. The van der Waals surface area contributed by atoms with Crippen molar-refractivity contribution in [1.29, 1.82) is 0 Å². The summed E-state index contributed by atoms with van der Waals surface area (Å²) in [7, 11) is -1.56. The van der Waals surface area contributed by atoms with Crippen LogP contribution in [0.25, 0.3) is 0 Å². The van der Waals surface area contributed by atoms with Gasteiger partial charge in [-0.15, -0.1) is 0 Å². The van der Waals surface area contributed by atoms with E-state index in [2.05, 4.69) is 19.2 Å². The summed E-state index contributed by atoms with van der Waals surface area (Å²) in [5, 5.41) is 3.43. The molecule has 1 N–H and O–H groups in total. The molecule has 114 valence electrons. The molecule has 19 heavy (non-hydrogen) atoms. The molecule has 0 bridgehead atoms. The highest BCUT2D eigenvalue weighted by atomic mass is 32.2. The maximum atomic E-state index is 12.3. The van der Waals surface area contributed by atoms with Crippen LogP contribution in [0.2, 0.25) is 0 Å². The first-order chi connectivity index (χ1) is 8.87. The molecule has 0 aliphatic carbocycles. The molecule has 0 aromatic carbocycles. The topological polar surface area (TPSA) is 52.7 Å². The molecule has 1 aliphatic rings. The van der Waals surface area contributed by atoms with Gasteiger partial charge in [0.2, 0.25) is 0 Å². The second kappa shape index (κ2) is 7.57. The highest BCUT2D eigenvalue weighted by molar-refractivity contribution is 7.86. The van der Waals surface area contributed by atoms with Gasteiger partial charge in [-0.25, -0.2) is 0 Å². The van der Waals surface area contributed by atoms with E-state index in [4.69, 9.17) is 0 Å². The lowest BCUT2D eigenvalue weighted by atomic mass is 9.98. The van der Waals surface area contributed by atoms with Gasteiger partial charge in [-0.2, -0.15) is 17.0 Å². The van der Waals surface area contributed by atoms with Crippen LogP contribution >= 0.6 is 0 Å². The van der Waals surface area contributed by atoms with E-state index in [9.17, 15) is 8.42 Å². The van der Waals surface area contributed by atoms with Crippen LogP contribution in [-0.4, -0.2) is 56.3 Å². The van der Waals surface area contributed by atoms with Crippen LogP contribution in [0.3, 0.4) is 0 Å². The summed E-state index contributed by atoms with van der Waals surface area (Å²) in [6.07, 6.45) is 2.77. The third kappa shape index (κ3) is 5.02. The van der Waals surface area contributed by atoms with Gasteiger partial charge in [0.25, 0.3) is 10.2 Å². The molecule has 1 aliphatic heterocycles. The summed E-state index contributed by atoms with van der Waals surface area (Å²) < 4.78 is 27.7. The van der Waals surface area contributed by atoms with Crippen LogP contribution in [0.4, 0.5) is 0 Å². The molecule has 5 nitrogen and oxygen atoms in total. The van der Waals surface area contributed by atoms with Gasteiger partial charge in [0.05, 0.1) is 0 Å². The summed E-state index contributed by atoms with van der Waals surface area (Å²) in [4.78, 5) is 0. The quantitative estimate of drug-likeness (QED) is 0.769. The molecule has 0 atom stereocenters. The standard InChI is InChI=1S/C13H29N3O2S/c1-5-8-15(4)19(17,18)16-9-6-13(7-10-16)11-14-12(2)3/h12-14H,5-11H2,1-4H3.